The van der Waals surface area contributed by atoms with Gasteiger partial charge in [0.2, 0.25) is 5.89 Å². The zero-order chi connectivity index (χ0) is 13.1. The van der Waals surface area contributed by atoms with Crippen molar-refractivity contribution < 1.29 is 9.32 Å². The van der Waals surface area contributed by atoms with Gasteiger partial charge in [-0.3, -0.25) is 4.79 Å². The van der Waals surface area contributed by atoms with E-state index in [2.05, 4.69) is 15.5 Å². The van der Waals surface area contributed by atoms with Crippen molar-refractivity contribution in [2.75, 3.05) is 5.73 Å². The molecule has 0 saturated carbocycles. The molecule has 1 amide bonds. The van der Waals surface area contributed by atoms with Crippen molar-refractivity contribution in [2.24, 2.45) is 0 Å². The van der Waals surface area contributed by atoms with Gasteiger partial charge in [-0.1, -0.05) is 11.2 Å². The summed E-state index contributed by atoms with van der Waals surface area (Å²) in [6.07, 6.45) is 0. The summed E-state index contributed by atoms with van der Waals surface area (Å²) in [7, 11) is 0. The third-order valence-electron chi connectivity index (χ3n) is 2.48. The van der Waals surface area contributed by atoms with Crippen LogP contribution in [0, 0.1) is 13.8 Å². The Kier molecular flexibility index (Phi) is 4.88. The molecule has 0 atom stereocenters. The minimum atomic E-state index is -0.212. The number of nitrogens with two attached hydrogens (primary N) is 1. The largest absolute Gasteiger partial charge is 0.399 e. The molecule has 0 aliphatic heterocycles. The molecule has 1 aromatic carbocycles. The smallest absolute Gasteiger partial charge is 0.252 e. The quantitative estimate of drug-likeness (QED) is 0.834. The average Bonchev–Trinajstić information content (AvgIpc) is 2.75. The van der Waals surface area contributed by atoms with Gasteiger partial charge in [0.05, 0.1) is 6.54 Å². The summed E-state index contributed by atoms with van der Waals surface area (Å²) in [5, 5.41) is 6.35. The predicted octanol–water partition coefficient (Wildman–Crippen LogP) is 1.62. The highest BCUT2D eigenvalue weighted by atomic mass is 35.5. The molecule has 1 heterocycles. The second-order valence-corrected chi connectivity index (χ2v) is 3.99. The van der Waals surface area contributed by atoms with E-state index < -0.39 is 0 Å². The fraction of sp³-hybridized carbons (Fsp3) is 0.250. The molecule has 0 fully saturated rings. The minimum absolute atomic E-state index is 0. The lowest BCUT2D eigenvalue weighted by molar-refractivity contribution is 0.0945. The number of nitrogens with one attached hydrogen (secondary N) is 1. The number of benzene rings is 1. The van der Waals surface area contributed by atoms with E-state index in [-0.39, 0.29) is 24.9 Å². The summed E-state index contributed by atoms with van der Waals surface area (Å²) in [5.74, 6) is 0.706. The third-order valence-corrected chi connectivity index (χ3v) is 2.48. The number of nitrogens with zero attached hydrogens (tertiary/aromatic N) is 2. The Balaban J connectivity index is 0.00000180. The maximum atomic E-state index is 11.9. The van der Waals surface area contributed by atoms with Crippen LogP contribution in [0.1, 0.15) is 27.6 Å². The van der Waals surface area contributed by atoms with E-state index in [0.29, 0.717) is 23.0 Å². The maximum Gasteiger partial charge on any atom is 0.252 e. The number of aromatic nitrogens is 2. The standard InChI is InChI=1S/C12H14N4O2.ClH/c1-7-3-4-9(13)5-10(7)12(17)14-6-11-15-8(2)16-18-11;/h3-5H,6,13H2,1-2H3,(H,14,17);1H. The topological polar surface area (TPSA) is 94.0 Å². The van der Waals surface area contributed by atoms with Crippen LogP contribution >= 0.6 is 12.4 Å². The highest BCUT2D eigenvalue weighted by Gasteiger charge is 2.10. The number of amides is 1. The molecule has 0 unspecified atom stereocenters. The SMILES string of the molecule is Cc1noc(CNC(=O)c2cc(N)ccc2C)n1.Cl. The van der Waals surface area contributed by atoms with Gasteiger partial charge in [-0.15, -0.1) is 12.4 Å². The Hall–Kier alpha value is -2.08. The van der Waals surface area contributed by atoms with Gasteiger partial charge in [0.1, 0.15) is 0 Å². The van der Waals surface area contributed by atoms with Crippen molar-refractivity contribution in [1.29, 1.82) is 0 Å². The Morgan fingerprint density at radius 2 is 2.16 bits per heavy atom. The first-order valence-corrected chi connectivity index (χ1v) is 5.50. The molecular weight excluding hydrogens is 268 g/mol. The molecular formula is C12H15ClN4O2. The van der Waals surface area contributed by atoms with Gasteiger partial charge in [0, 0.05) is 11.3 Å². The lowest BCUT2D eigenvalue weighted by Gasteiger charge is -2.06. The second kappa shape index (κ2) is 6.19. The van der Waals surface area contributed by atoms with Crippen molar-refractivity contribution in [1.82, 2.24) is 15.5 Å². The molecule has 19 heavy (non-hydrogen) atoms. The fourth-order valence-electron chi connectivity index (χ4n) is 1.55. The molecule has 1 aromatic heterocycles. The van der Waals surface area contributed by atoms with Crippen LogP contribution in [0.2, 0.25) is 0 Å². The lowest BCUT2D eigenvalue weighted by atomic mass is 10.1. The number of hydrogen-bond donors (Lipinski definition) is 2. The zero-order valence-corrected chi connectivity index (χ0v) is 11.5. The molecule has 3 N–H and O–H groups in total. The van der Waals surface area contributed by atoms with E-state index >= 15 is 0 Å². The van der Waals surface area contributed by atoms with E-state index in [1.807, 2.05) is 6.92 Å². The summed E-state index contributed by atoms with van der Waals surface area (Å²) in [6, 6.07) is 5.21. The number of rotatable bonds is 3. The minimum Gasteiger partial charge on any atom is -0.399 e. The van der Waals surface area contributed by atoms with Gasteiger partial charge in [0.25, 0.3) is 5.91 Å². The molecule has 0 spiro atoms. The Morgan fingerprint density at radius 3 is 2.79 bits per heavy atom. The molecule has 102 valence electrons. The maximum absolute atomic E-state index is 11.9. The van der Waals surface area contributed by atoms with Crippen molar-refractivity contribution in [3.63, 3.8) is 0 Å². The summed E-state index contributed by atoms with van der Waals surface area (Å²) in [6.45, 7) is 3.77. The van der Waals surface area contributed by atoms with Crippen molar-refractivity contribution in [3.8, 4) is 0 Å². The summed E-state index contributed by atoms with van der Waals surface area (Å²) < 4.78 is 4.90. The van der Waals surface area contributed by atoms with Crippen molar-refractivity contribution >= 4 is 24.0 Å². The molecule has 0 radical (unpaired) electrons. The van der Waals surface area contributed by atoms with E-state index in [9.17, 15) is 4.79 Å². The number of aryl methyl sites for hydroxylation is 2. The molecule has 0 aliphatic carbocycles. The van der Waals surface area contributed by atoms with Gasteiger partial charge in [-0.05, 0) is 31.5 Å². The normalized spacial score (nSPS) is 9.79. The first kappa shape index (κ1) is 15.0. The number of hydrogen-bond acceptors (Lipinski definition) is 5. The predicted molar refractivity (Wildman–Crippen MR) is 73.0 cm³/mol. The van der Waals surface area contributed by atoms with Gasteiger partial charge >= 0.3 is 0 Å². The van der Waals surface area contributed by atoms with Gasteiger partial charge in [-0.25, -0.2) is 0 Å². The molecule has 6 nitrogen and oxygen atoms in total. The van der Waals surface area contributed by atoms with Crippen LogP contribution in [0.4, 0.5) is 5.69 Å². The van der Waals surface area contributed by atoms with Gasteiger partial charge in [-0.2, -0.15) is 4.98 Å². The molecule has 0 bridgehead atoms. The van der Waals surface area contributed by atoms with E-state index in [1.165, 1.54) is 0 Å². The number of carbonyl (C=O) groups is 1. The van der Waals surface area contributed by atoms with Crippen molar-refractivity contribution in [2.45, 2.75) is 20.4 Å². The molecule has 0 aliphatic rings. The highest BCUT2D eigenvalue weighted by Crippen LogP contribution is 2.12. The van der Waals surface area contributed by atoms with Crippen LogP contribution < -0.4 is 11.1 Å². The van der Waals surface area contributed by atoms with Crippen molar-refractivity contribution in [3.05, 3.63) is 41.0 Å². The van der Waals surface area contributed by atoms with E-state index in [0.717, 1.165) is 5.56 Å². The summed E-state index contributed by atoms with van der Waals surface area (Å²) in [5.41, 5.74) is 7.62. The third kappa shape index (κ3) is 3.69. The summed E-state index contributed by atoms with van der Waals surface area (Å²) in [4.78, 5) is 15.9. The van der Waals surface area contributed by atoms with E-state index in [1.54, 1.807) is 25.1 Å². The number of anilines is 1. The molecule has 0 saturated heterocycles. The van der Waals surface area contributed by atoms with Crippen LogP contribution in [-0.4, -0.2) is 16.0 Å². The van der Waals surface area contributed by atoms with Crippen LogP contribution in [0.5, 0.6) is 0 Å². The Morgan fingerprint density at radius 1 is 1.42 bits per heavy atom. The zero-order valence-electron chi connectivity index (χ0n) is 10.6. The van der Waals surface area contributed by atoms with Gasteiger partial charge in [0.15, 0.2) is 5.82 Å². The fourth-order valence-corrected chi connectivity index (χ4v) is 1.55. The first-order valence-electron chi connectivity index (χ1n) is 5.50. The van der Waals surface area contributed by atoms with Crippen LogP contribution in [0.25, 0.3) is 0 Å². The monoisotopic (exact) mass is 282 g/mol. The van der Waals surface area contributed by atoms with E-state index in [4.69, 9.17) is 10.3 Å². The molecule has 2 aromatic rings. The summed E-state index contributed by atoms with van der Waals surface area (Å²) >= 11 is 0. The lowest BCUT2D eigenvalue weighted by Crippen LogP contribution is -2.23. The number of carbonyl (C=O) groups excluding carboxylic acids is 1. The Labute approximate surface area is 116 Å². The van der Waals surface area contributed by atoms with Crippen LogP contribution in [0.3, 0.4) is 0 Å². The second-order valence-electron chi connectivity index (χ2n) is 3.99. The highest BCUT2D eigenvalue weighted by molar-refractivity contribution is 5.96. The first-order chi connectivity index (χ1) is 8.56. The van der Waals surface area contributed by atoms with Crippen LogP contribution in [-0.2, 0) is 6.54 Å². The number of nitrogen functional groups attached to an aromatic ring is 1. The van der Waals surface area contributed by atoms with Gasteiger partial charge < -0.3 is 15.6 Å². The average molecular weight is 283 g/mol. The molecule has 7 heteroatoms. The van der Waals surface area contributed by atoms with Crippen LogP contribution in [0.15, 0.2) is 22.7 Å². The number of halogens is 1. The molecule has 2 rings (SSSR count). The Bertz CT molecular complexity index is 583.